The van der Waals surface area contributed by atoms with Gasteiger partial charge in [0, 0.05) is 40.9 Å². The molecule has 1 N–H and O–H groups in total. The van der Waals surface area contributed by atoms with E-state index in [1.54, 1.807) is 24.3 Å². The molecule has 18 heteroatoms. The fourth-order valence-electron chi connectivity index (χ4n) is 8.99. The van der Waals surface area contributed by atoms with E-state index in [9.17, 15) is 51.6 Å². The molecule has 1 aliphatic carbocycles. The lowest BCUT2D eigenvalue weighted by atomic mass is 9.79. The van der Waals surface area contributed by atoms with Crippen LogP contribution in [0.25, 0.3) is 25.7 Å². The Balaban J connectivity index is 0.000000383. The van der Waals surface area contributed by atoms with Gasteiger partial charge in [-0.05, 0) is 95.3 Å². The fourth-order valence-corrected chi connectivity index (χ4v) is 12.5. The third-order valence-corrected chi connectivity index (χ3v) is 16.9. The smallest absolute Gasteiger partial charge is 0.421 e. The molecule has 2 aliphatic heterocycles. The Labute approximate surface area is 386 Å². The topological polar surface area (TPSA) is 132 Å². The number of sulfone groups is 1. The second-order valence-electron chi connectivity index (χ2n) is 17.3. The number of hydrogen-bond donors (Lipinski definition) is 1. The summed E-state index contributed by atoms with van der Waals surface area (Å²) in [6.07, 6.45) is 12.0. The highest BCUT2D eigenvalue weighted by Gasteiger charge is 2.48. The summed E-state index contributed by atoms with van der Waals surface area (Å²) in [5.41, 5.74) is -4.00. The lowest BCUT2D eigenvalue weighted by Gasteiger charge is -2.22. The van der Waals surface area contributed by atoms with Crippen molar-refractivity contribution in [1.82, 2.24) is 0 Å². The molecule has 0 aromatic heterocycles. The fraction of sp³-hybridized carbons (Fsp3) is 0.286. The van der Waals surface area contributed by atoms with Crippen molar-refractivity contribution in [3.05, 3.63) is 164 Å². The summed E-state index contributed by atoms with van der Waals surface area (Å²) < 4.78 is 141. The lowest BCUT2D eigenvalue weighted by Crippen LogP contribution is -2.30. The lowest BCUT2D eigenvalue weighted by molar-refractivity contribution is -0.438. The highest BCUT2D eigenvalue weighted by molar-refractivity contribution is 8.13. The van der Waals surface area contributed by atoms with Crippen molar-refractivity contribution >= 4 is 68.5 Å². The number of fused-ring (bicyclic) bond motifs is 6. The largest absolute Gasteiger partial charge is 0.480 e. The zero-order valence-corrected chi connectivity index (χ0v) is 39.4. The predicted molar refractivity (Wildman–Crippen MR) is 251 cm³/mol. The Morgan fingerprint density at radius 1 is 0.657 bits per heavy atom. The van der Waals surface area contributed by atoms with Crippen LogP contribution in [-0.4, -0.2) is 53.1 Å². The maximum Gasteiger partial charge on any atom is 0.480 e. The Morgan fingerprint density at radius 3 is 1.79 bits per heavy atom. The van der Waals surface area contributed by atoms with Crippen LogP contribution in [0.1, 0.15) is 71.4 Å². The molecule has 0 unspecified atom stereocenters. The van der Waals surface area contributed by atoms with Gasteiger partial charge in [0.2, 0.25) is 15.5 Å². The van der Waals surface area contributed by atoms with Crippen LogP contribution in [0.4, 0.5) is 37.7 Å². The van der Waals surface area contributed by atoms with Crippen LogP contribution in [0, 0.1) is 0 Å². The van der Waals surface area contributed by atoms with Gasteiger partial charge in [0.25, 0.3) is 0 Å². The minimum Gasteiger partial charge on any atom is -0.421 e. The Bertz CT molecular complexity index is 3260. The third kappa shape index (κ3) is 9.24. The molecule has 5 aromatic rings. The van der Waals surface area contributed by atoms with Crippen LogP contribution < -0.4 is 5.32 Å². The maximum absolute atomic E-state index is 14.6. The summed E-state index contributed by atoms with van der Waals surface area (Å²) in [6.45, 7) is 12.3. The number of allylic oxidation sites excluding steroid dienone is 7. The molecule has 2 heterocycles. The highest BCUT2D eigenvalue weighted by atomic mass is 32.3. The van der Waals surface area contributed by atoms with Gasteiger partial charge >= 0.3 is 11.0 Å². The number of nitrogens with zero attached hydrogens (tertiary/aromatic N) is 2. The molecule has 0 spiro atoms. The average Bonchev–Trinajstić information content (AvgIpc) is 3.86. The second-order valence-corrected chi connectivity index (χ2v) is 22.7. The zero-order chi connectivity index (χ0) is 49.0. The molecule has 0 saturated carbocycles. The van der Waals surface area contributed by atoms with E-state index in [0.29, 0.717) is 22.6 Å². The standard InChI is InChI=1S/C47H46N2O2S.C2F6NO4S2/c1-6-7-31-49-40-28-24-33-16-12-14-20-38(33)44(40)47(4,5)42(49)30-26-35-22-21-34(45(35)52(50,51)36-17-9-8-10-18-36)25-29-41-46(2,3)43-37-19-13-11-15-32(37)23-27-39(43)48-41;3-1(4,5)14(10,11)9-15(12,13)2(6,7)8/h8-20,23-30H,6-7,21-22,31H2,1-5H3;/q;-1/p+1. The molecule has 5 aromatic carbocycles. The van der Waals surface area contributed by atoms with Crippen molar-refractivity contribution in [2.75, 3.05) is 11.9 Å². The molecule has 354 valence electrons. The van der Waals surface area contributed by atoms with Crippen LogP contribution in [0.5, 0.6) is 0 Å². The summed E-state index contributed by atoms with van der Waals surface area (Å²) >= 11 is 0. The molecule has 67 heavy (non-hydrogen) atoms. The summed E-state index contributed by atoms with van der Waals surface area (Å²) in [4.78, 5) is 0.761. The van der Waals surface area contributed by atoms with Crippen LogP contribution in [0.15, 0.2) is 154 Å². The van der Waals surface area contributed by atoms with Gasteiger partial charge in [-0.3, -0.25) is 0 Å². The van der Waals surface area contributed by atoms with Gasteiger partial charge in [-0.15, -0.1) is 0 Å². The van der Waals surface area contributed by atoms with Gasteiger partial charge < -0.3 is 9.44 Å². The summed E-state index contributed by atoms with van der Waals surface area (Å²) in [6, 6.07) is 34.9. The molecule has 3 aliphatic rings. The van der Waals surface area contributed by atoms with Crippen LogP contribution >= 0.6 is 0 Å². The molecule has 0 saturated heterocycles. The van der Waals surface area contributed by atoms with Gasteiger partial charge in [0.15, 0.2) is 25.8 Å². The Morgan fingerprint density at radius 2 is 1.21 bits per heavy atom. The number of sulfonamides is 2. The minimum atomic E-state index is -6.72. The number of unbranched alkanes of at least 4 members (excludes halogenated alkanes) is 1. The number of hydrogen-bond acceptors (Lipinski definition) is 7. The quantitative estimate of drug-likeness (QED) is 0.109. The predicted octanol–water partition coefficient (Wildman–Crippen LogP) is 12.5. The number of rotatable bonds is 10. The van der Waals surface area contributed by atoms with Crippen molar-refractivity contribution in [1.29, 1.82) is 0 Å². The third-order valence-electron chi connectivity index (χ3n) is 12.2. The van der Waals surface area contributed by atoms with E-state index in [0.717, 1.165) is 46.0 Å². The molecule has 9 nitrogen and oxygen atoms in total. The molecule has 0 fully saturated rings. The van der Waals surface area contributed by atoms with Gasteiger partial charge in [-0.2, -0.15) is 30.9 Å². The number of benzene rings is 5. The zero-order valence-electron chi connectivity index (χ0n) is 37.0. The van der Waals surface area contributed by atoms with E-state index < -0.39 is 40.9 Å². The van der Waals surface area contributed by atoms with E-state index in [-0.39, 0.29) is 10.8 Å². The van der Waals surface area contributed by atoms with Crippen LogP contribution in [-0.2, 0) is 40.7 Å². The Hall–Kier alpha value is -5.56. The van der Waals surface area contributed by atoms with E-state index in [1.807, 2.05) is 6.07 Å². The minimum absolute atomic E-state index is 0.264. The van der Waals surface area contributed by atoms with Crippen molar-refractivity contribution in [2.24, 2.45) is 0 Å². The first-order valence-corrected chi connectivity index (χ1v) is 25.6. The Kier molecular flexibility index (Phi) is 13.1. The molecule has 0 bridgehead atoms. The first-order chi connectivity index (χ1) is 31.2. The van der Waals surface area contributed by atoms with Gasteiger partial charge in [-0.1, -0.05) is 112 Å². The van der Waals surface area contributed by atoms with Crippen LogP contribution in [0.3, 0.4) is 0 Å². The average molecular weight is 984 g/mol. The summed E-state index contributed by atoms with van der Waals surface area (Å²) in [5, 5.41) is 8.66. The molecular weight excluding hydrogens is 937 g/mol. The van der Waals surface area contributed by atoms with Crippen molar-refractivity contribution < 1.29 is 56.2 Å². The van der Waals surface area contributed by atoms with E-state index in [1.165, 1.54) is 44.1 Å². The van der Waals surface area contributed by atoms with Gasteiger partial charge in [-0.25, -0.2) is 25.3 Å². The molecule has 0 radical (unpaired) electrons. The molecular formula is C49H47F6N3O6S3. The van der Waals surface area contributed by atoms with Crippen molar-refractivity contribution in [3.63, 3.8) is 0 Å². The van der Waals surface area contributed by atoms with Crippen LogP contribution in [0.2, 0.25) is 0 Å². The normalized spacial score (nSPS) is 18.5. The van der Waals surface area contributed by atoms with Crippen molar-refractivity contribution in [2.45, 2.75) is 87.0 Å². The molecule has 0 amide bonds. The number of nitrogens with one attached hydrogen (secondary N) is 1. The van der Waals surface area contributed by atoms with Crippen molar-refractivity contribution in [3.8, 4) is 0 Å². The first-order valence-electron chi connectivity index (χ1n) is 21.2. The SMILES string of the molecule is CCCC[N+]1=C(C=CC2=C(S(=O)(=O)c3ccccc3)C(=CC=C3Nc4ccc5ccccc5c4C3(C)C)CC2)C(C)(C)c2c1ccc1ccccc21.O=S(=O)([N-]S(=O)(=O)C(F)(F)F)C(F)(F)F. The highest BCUT2D eigenvalue weighted by Crippen LogP contribution is 2.48. The van der Waals surface area contributed by atoms with Gasteiger partial charge in [0.05, 0.1) is 15.2 Å². The summed E-state index contributed by atoms with van der Waals surface area (Å²) in [7, 11) is -17.2. The number of anilines is 1. The maximum atomic E-state index is 14.6. The first kappa shape index (κ1) is 49.3. The van der Waals surface area contributed by atoms with E-state index >= 15 is 0 Å². The second kappa shape index (κ2) is 17.8. The molecule has 8 rings (SSSR count). The van der Waals surface area contributed by atoms with E-state index in [4.69, 9.17) is 0 Å². The monoisotopic (exact) mass is 983 g/mol. The number of alkyl halides is 6. The summed E-state index contributed by atoms with van der Waals surface area (Å²) in [5.74, 6) is 0. The molecule has 0 atom stereocenters. The van der Waals surface area contributed by atoms with Gasteiger partial charge in [0.1, 0.15) is 6.54 Å². The van der Waals surface area contributed by atoms with E-state index in [2.05, 4.69) is 142 Å². The number of halogens is 6.